The molecular weight excluding hydrogens is 208 g/mol. The number of hydrogen-bond acceptors (Lipinski definition) is 4. The van der Waals surface area contributed by atoms with Gasteiger partial charge in [-0.15, -0.1) is 0 Å². The number of rotatable bonds is 8. The predicted octanol–water partition coefficient (Wildman–Crippen LogP) is 1.07. The van der Waals surface area contributed by atoms with Crippen molar-refractivity contribution in [2.24, 2.45) is 0 Å². The van der Waals surface area contributed by atoms with E-state index in [1.165, 1.54) is 0 Å². The van der Waals surface area contributed by atoms with Gasteiger partial charge in [-0.2, -0.15) is 0 Å². The molecule has 0 unspecified atom stereocenters. The van der Waals surface area contributed by atoms with Gasteiger partial charge in [-0.05, 0) is 6.42 Å². The minimum atomic E-state index is -0.595. The molecule has 0 amide bonds. The predicted molar refractivity (Wildman–Crippen MR) is 53.1 cm³/mol. The second-order valence-electron chi connectivity index (χ2n) is 2.58. The molecular formula is C9H15ClO4. The molecule has 0 radical (unpaired) electrons. The molecule has 0 atom stereocenters. The lowest BCUT2D eigenvalue weighted by atomic mass is 10.4. The number of ether oxygens (including phenoxy) is 2. The Morgan fingerprint density at radius 1 is 1.29 bits per heavy atom. The third-order valence-electron chi connectivity index (χ3n) is 1.33. The molecule has 0 saturated heterocycles. The molecule has 0 aliphatic rings. The van der Waals surface area contributed by atoms with Crippen molar-refractivity contribution in [3.05, 3.63) is 11.6 Å². The Morgan fingerprint density at radius 3 is 2.50 bits per heavy atom. The molecule has 4 nitrogen and oxygen atoms in total. The van der Waals surface area contributed by atoms with Gasteiger partial charge >= 0.3 is 5.97 Å². The molecule has 0 aliphatic heterocycles. The van der Waals surface area contributed by atoms with Crippen molar-refractivity contribution >= 4 is 17.6 Å². The van der Waals surface area contributed by atoms with Gasteiger partial charge in [-0.3, -0.25) is 0 Å². The average molecular weight is 223 g/mol. The topological polar surface area (TPSA) is 55.8 Å². The van der Waals surface area contributed by atoms with Crippen LogP contribution in [0, 0.1) is 0 Å². The first-order valence-corrected chi connectivity index (χ1v) is 4.76. The molecule has 0 aromatic carbocycles. The fourth-order valence-electron chi connectivity index (χ4n) is 0.673. The van der Waals surface area contributed by atoms with Gasteiger partial charge in [0.1, 0.15) is 5.03 Å². The van der Waals surface area contributed by atoms with E-state index in [0.717, 1.165) is 0 Å². The minimum Gasteiger partial charge on any atom is -0.461 e. The van der Waals surface area contributed by atoms with Gasteiger partial charge < -0.3 is 14.6 Å². The highest BCUT2D eigenvalue weighted by Gasteiger charge is 2.03. The average Bonchev–Trinajstić information content (AvgIpc) is 2.16. The number of carbonyl (C=O) groups is 1. The first-order chi connectivity index (χ1) is 6.68. The molecule has 0 fully saturated rings. The monoisotopic (exact) mass is 222 g/mol. The zero-order valence-electron chi connectivity index (χ0n) is 8.00. The Hall–Kier alpha value is -0.580. The maximum Gasteiger partial charge on any atom is 0.349 e. The van der Waals surface area contributed by atoms with Crippen molar-refractivity contribution in [3.8, 4) is 0 Å². The van der Waals surface area contributed by atoms with E-state index in [0.29, 0.717) is 26.1 Å². The van der Waals surface area contributed by atoms with E-state index >= 15 is 0 Å². The van der Waals surface area contributed by atoms with Crippen LogP contribution in [-0.2, 0) is 14.3 Å². The van der Waals surface area contributed by atoms with E-state index in [1.807, 2.05) is 0 Å². The lowest BCUT2D eigenvalue weighted by Crippen LogP contribution is -2.08. The number of aliphatic hydroxyl groups is 1. The number of aliphatic hydroxyl groups excluding tert-OH is 1. The maximum atomic E-state index is 10.8. The first-order valence-electron chi connectivity index (χ1n) is 4.38. The summed E-state index contributed by atoms with van der Waals surface area (Å²) < 4.78 is 9.82. The molecule has 0 spiro atoms. The van der Waals surface area contributed by atoms with Crippen molar-refractivity contribution in [1.82, 2.24) is 0 Å². The molecule has 0 bridgehead atoms. The highest BCUT2D eigenvalue weighted by Crippen LogP contribution is 1.99. The zero-order chi connectivity index (χ0) is 10.8. The van der Waals surface area contributed by atoms with E-state index in [-0.39, 0.29) is 18.2 Å². The fraction of sp³-hybridized carbons (Fsp3) is 0.667. The van der Waals surface area contributed by atoms with Gasteiger partial charge in [0.25, 0.3) is 0 Å². The molecule has 0 aromatic rings. The standard InChI is InChI=1S/C9H15ClO4/c1-8(10)9(12)14-7-3-6-13-5-2-4-11/h11H,1-7H2. The van der Waals surface area contributed by atoms with Gasteiger partial charge in [0.15, 0.2) is 0 Å². The fourth-order valence-corrected chi connectivity index (χ4v) is 0.727. The number of halogens is 1. The Morgan fingerprint density at radius 2 is 1.93 bits per heavy atom. The molecule has 0 heterocycles. The first kappa shape index (κ1) is 13.4. The van der Waals surface area contributed by atoms with Gasteiger partial charge in [-0.25, -0.2) is 4.79 Å². The Balaban J connectivity index is 3.13. The third kappa shape index (κ3) is 8.04. The van der Waals surface area contributed by atoms with Crippen LogP contribution < -0.4 is 0 Å². The lowest BCUT2D eigenvalue weighted by Gasteiger charge is -2.04. The van der Waals surface area contributed by atoms with Crippen LogP contribution in [0.25, 0.3) is 0 Å². The summed E-state index contributed by atoms with van der Waals surface area (Å²) in [4.78, 5) is 10.8. The zero-order valence-corrected chi connectivity index (χ0v) is 8.76. The summed E-state index contributed by atoms with van der Waals surface area (Å²) in [5.41, 5.74) is 0. The molecule has 82 valence electrons. The van der Waals surface area contributed by atoms with E-state index in [9.17, 15) is 4.79 Å². The number of carbonyl (C=O) groups excluding carboxylic acids is 1. The second kappa shape index (κ2) is 8.99. The van der Waals surface area contributed by atoms with Gasteiger partial charge in [-0.1, -0.05) is 18.2 Å². The highest BCUT2D eigenvalue weighted by molar-refractivity contribution is 6.40. The summed E-state index contributed by atoms with van der Waals surface area (Å²) in [5, 5.41) is 8.31. The SMILES string of the molecule is C=C(Cl)C(=O)OCCCOCCCO. The van der Waals surface area contributed by atoms with Crippen molar-refractivity contribution in [3.63, 3.8) is 0 Å². The van der Waals surface area contributed by atoms with Crippen molar-refractivity contribution in [1.29, 1.82) is 0 Å². The minimum absolute atomic E-state index is 0.119. The van der Waals surface area contributed by atoms with Crippen LogP contribution in [0.15, 0.2) is 11.6 Å². The lowest BCUT2D eigenvalue weighted by molar-refractivity contribution is -0.138. The van der Waals surface area contributed by atoms with Crippen LogP contribution in [0.5, 0.6) is 0 Å². The number of esters is 1. The highest BCUT2D eigenvalue weighted by atomic mass is 35.5. The smallest absolute Gasteiger partial charge is 0.349 e. The van der Waals surface area contributed by atoms with E-state index in [1.54, 1.807) is 0 Å². The van der Waals surface area contributed by atoms with Gasteiger partial charge in [0.05, 0.1) is 6.61 Å². The molecule has 14 heavy (non-hydrogen) atoms. The largest absolute Gasteiger partial charge is 0.461 e. The summed E-state index contributed by atoms with van der Waals surface area (Å²) in [5.74, 6) is -0.595. The van der Waals surface area contributed by atoms with Crippen LogP contribution >= 0.6 is 11.6 Å². The quantitative estimate of drug-likeness (QED) is 0.379. The summed E-state index contributed by atoms with van der Waals surface area (Å²) in [7, 11) is 0. The molecule has 5 heteroatoms. The van der Waals surface area contributed by atoms with Crippen molar-refractivity contribution in [2.75, 3.05) is 26.4 Å². The van der Waals surface area contributed by atoms with E-state index in [4.69, 9.17) is 26.2 Å². The maximum absolute atomic E-state index is 10.8. The normalized spacial score (nSPS) is 9.86. The molecule has 0 aromatic heterocycles. The Labute approximate surface area is 88.5 Å². The van der Waals surface area contributed by atoms with Crippen LogP contribution in [-0.4, -0.2) is 37.5 Å². The summed E-state index contributed by atoms with van der Waals surface area (Å²) in [6.07, 6.45) is 1.24. The van der Waals surface area contributed by atoms with Crippen LogP contribution in [0.2, 0.25) is 0 Å². The van der Waals surface area contributed by atoms with Crippen LogP contribution in [0.4, 0.5) is 0 Å². The number of hydrogen-bond donors (Lipinski definition) is 1. The molecule has 1 N–H and O–H groups in total. The van der Waals surface area contributed by atoms with Crippen molar-refractivity contribution < 1.29 is 19.4 Å². The summed E-state index contributed by atoms with van der Waals surface area (Å²) in [6, 6.07) is 0. The van der Waals surface area contributed by atoms with Gasteiger partial charge in [0.2, 0.25) is 0 Å². The summed E-state index contributed by atoms with van der Waals surface area (Å²) in [6.45, 7) is 4.64. The van der Waals surface area contributed by atoms with Crippen molar-refractivity contribution in [2.45, 2.75) is 12.8 Å². The summed E-state index contributed by atoms with van der Waals surface area (Å²) >= 11 is 5.28. The second-order valence-corrected chi connectivity index (χ2v) is 3.04. The Kier molecular flexibility index (Phi) is 8.62. The molecule has 0 saturated carbocycles. The molecule has 0 aliphatic carbocycles. The van der Waals surface area contributed by atoms with E-state index < -0.39 is 5.97 Å². The van der Waals surface area contributed by atoms with Crippen LogP contribution in [0.3, 0.4) is 0 Å². The Bertz CT molecular complexity index is 182. The molecule has 0 rings (SSSR count). The van der Waals surface area contributed by atoms with Gasteiger partial charge in [0, 0.05) is 26.2 Å². The van der Waals surface area contributed by atoms with E-state index in [2.05, 4.69) is 6.58 Å². The van der Waals surface area contributed by atoms with Crippen LogP contribution in [0.1, 0.15) is 12.8 Å². The third-order valence-corrected chi connectivity index (χ3v) is 1.49.